The molecule has 0 bridgehead atoms. The second-order valence-corrected chi connectivity index (χ2v) is 9.23. The van der Waals surface area contributed by atoms with E-state index in [2.05, 4.69) is 14.9 Å². The van der Waals surface area contributed by atoms with E-state index >= 15 is 0 Å². The van der Waals surface area contributed by atoms with Crippen LogP contribution in [0, 0.1) is 5.82 Å². The second-order valence-electron chi connectivity index (χ2n) is 8.28. The number of benzene rings is 2. The number of nitrogens with zero attached hydrogens (tertiary/aromatic N) is 3. The number of carbonyl (C=O) groups is 1. The highest BCUT2D eigenvalue weighted by atomic mass is 32.2. The summed E-state index contributed by atoms with van der Waals surface area (Å²) in [4.78, 5) is 21.7. The van der Waals surface area contributed by atoms with Gasteiger partial charge in [-0.05, 0) is 60.4 Å². The van der Waals surface area contributed by atoms with Gasteiger partial charge in [0.1, 0.15) is 11.3 Å². The normalized spacial score (nSPS) is 15.6. The first-order valence-electron chi connectivity index (χ1n) is 11.3. The predicted molar refractivity (Wildman–Crippen MR) is 130 cm³/mol. The molecule has 3 heterocycles. The highest BCUT2D eigenvalue weighted by Crippen LogP contribution is 2.27. The fourth-order valence-corrected chi connectivity index (χ4v) is 4.93. The second kappa shape index (κ2) is 10.4. The average Bonchev–Trinajstić information content (AvgIpc) is 3.51. The number of halogens is 1. The van der Waals surface area contributed by atoms with Gasteiger partial charge >= 0.3 is 0 Å². The Morgan fingerprint density at radius 1 is 1.12 bits per heavy atom. The summed E-state index contributed by atoms with van der Waals surface area (Å²) < 4.78 is 20.9. The monoisotopic (exact) mass is 476 g/mol. The van der Waals surface area contributed by atoms with Crippen molar-refractivity contribution in [1.82, 2.24) is 19.9 Å². The Morgan fingerprint density at radius 3 is 2.68 bits per heavy atom. The molecule has 5 rings (SSSR count). The standard InChI is InChI=1S/C26H25FN4O2S/c27-21-11-7-18(8-12-21)16-31-24-23(4-1-13-28-24)30-26(31)34-17-19-5-9-20(10-6-19)25(32)29-15-22-3-2-14-33-22/h1,4-13,22H,2-3,14-17H2,(H,29,32)/t22-/m0/s1. The molecule has 1 atom stereocenters. The van der Waals surface area contributed by atoms with Crippen LogP contribution >= 0.6 is 11.8 Å². The Balaban J connectivity index is 1.26. The van der Waals surface area contributed by atoms with Crippen LogP contribution in [-0.4, -0.2) is 39.7 Å². The maximum Gasteiger partial charge on any atom is 0.251 e. The molecular weight excluding hydrogens is 451 g/mol. The van der Waals surface area contributed by atoms with Crippen molar-refractivity contribution in [2.24, 2.45) is 0 Å². The lowest BCUT2D eigenvalue weighted by molar-refractivity contribution is 0.0858. The van der Waals surface area contributed by atoms with Crippen LogP contribution < -0.4 is 5.32 Å². The van der Waals surface area contributed by atoms with E-state index in [-0.39, 0.29) is 17.8 Å². The number of rotatable bonds is 8. The Morgan fingerprint density at radius 2 is 1.91 bits per heavy atom. The summed E-state index contributed by atoms with van der Waals surface area (Å²) in [7, 11) is 0. The quantitative estimate of drug-likeness (QED) is 0.369. The zero-order chi connectivity index (χ0) is 23.3. The van der Waals surface area contributed by atoms with Crippen LogP contribution in [0.2, 0.25) is 0 Å². The molecule has 1 fully saturated rings. The Labute approximate surface area is 201 Å². The molecule has 0 spiro atoms. The number of pyridine rings is 1. The van der Waals surface area contributed by atoms with Gasteiger partial charge in [0.05, 0.1) is 12.6 Å². The summed E-state index contributed by atoms with van der Waals surface area (Å²) >= 11 is 1.61. The number of ether oxygens (including phenoxy) is 1. The number of hydrogen-bond acceptors (Lipinski definition) is 5. The van der Waals surface area contributed by atoms with E-state index in [4.69, 9.17) is 9.72 Å². The van der Waals surface area contributed by atoms with Crippen molar-refractivity contribution in [3.8, 4) is 0 Å². The molecule has 4 aromatic rings. The van der Waals surface area contributed by atoms with E-state index in [1.807, 2.05) is 36.4 Å². The minimum absolute atomic E-state index is 0.0816. The van der Waals surface area contributed by atoms with Gasteiger partial charge in [-0.2, -0.15) is 0 Å². The van der Waals surface area contributed by atoms with Crippen LogP contribution in [0.3, 0.4) is 0 Å². The van der Waals surface area contributed by atoms with Gasteiger partial charge in [0.15, 0.2) is 10.8 Å². The molecule has 34 heavy (non-hydrogen) atoms. The first-order chi connectivity index (χ1) is 16.7. The lowest BCUT2D eigenvalue weighted by atomic mass is 10.1. The minimum Gasteiger partial charge on any atom is -0.376 e. The van der Waals surface area contributed by atoms with E-state index in [1.165, 1.54) is 12.1 Å². The SMILES string of the molecule is O=C(NC[C@@H]1CCCO1)c1ccc(CSc2nc3cccnc3n2Cc2ccc(F)cc2)cc1. The van der Waals surface area contributed by atoms with Crippen molar-refractivity contribution in [2.45, 2.75) is 36.4 Å². The van der Waals surface area contributed by atoms with Gasteiger partial charge in [0, 0.05) is 30.7 Å². The van der Waals surface area contributed by atoms with Crippen LogP contribution in [-0.2, 0) is 17.0 Å². The third-order valence-corrected chi connectivity index (χ3v) is 6.87. The fraction of sp³-hybridized carbons (Fsp3) is 0.269. The number of fused-ring (bicyclic) bond motifs is 1. The molecule has 174 valence electrons. The maximum atomic E-state index is 13.3. The third kappa shape index (κ3) is 5.29. The third-order valence-electron chi connectivity index (χ3n) is 5.82. The number of aromatic nitrogens is 3. The fourth-order valence-electron chi connectivity index (χ4n) is 3.98. The van der Waals surface area contributed by atoms with Gasteiger partial charge in [-0.3, -0.25) is 9.36 Å². The predicted octanol–water partition coefficient (Wildman–Crippen LogP) is 4.82. The molecule has 6 nitrogen and oxygen atoms in total. The average molecular weight is 477 g/mol. The molecule has 1 saturated heterocycles. The van der Waals surface area contributed by atoms with Gasteiger partial charge in [-0.1, -0.05) is 36.0 Å². The van der Waals surface area contributed by atoms with Gasteiger partial charge in [0.25, 0.3) is 5.91 Å². The van der Waals surface area contributed by atoms with Gasteiger partial charge < -0.3 is 10.1 Å². The van der Waals surface area contributed by atoms with E-state index in [1.54, 1.807) is 30.1 Å². The molecule has 0 unspecified atom stereocenters. The van der Waals surface area contributed by atoms with Crippen molar-refractivity contribution in [1.29, 1.82) is 0 Å². The van der Waals surface area contributed by atoms with Crippen molar-refractivity contribution >= 4 is 28.8 Å². The van der Waals surface area contributed by atoms with Gasteiger partial charge in [-0.25, -0.2) is 14.4 Å². The zero-order valence-electron chi connectivity index (χ0n) is 18.6. The molecule has 0 saturated carbocycles. The van der Waals surface area contributed by atoms with Crippen LogP contribution in [0.5, 0.6) is 0 Å². The van der Waals surface area contributed by atoms with Crippen molar-refractivity contribution < 1.29 is 13.9 Å². The Hall–Kier alpha value is -3.23. The van der Waals surface area contributed by atoms with Gasteiger partial charge in [-0.15, -0.1) is 0 Å². The Kier molecular flexibility index (Phi) is 6.87. The zero-order valence-corrected chi connectivity index (χ0v) is 19.4. The van der Waals surface area contributed by atoms with Crippen molar-refractivity contribution in [2.75, 3.05) is 13.2 Å². The topological polar surface area (TPSA) is 69.0 Å². The van der Waals surface area contributed by atoms with E-state index in [0.29, 0.717) is 24.4 Å². The maximum absolute atomic E-state index is 13.3. The number of nitrogens with one attached hydrogen (secondary N) is 1. The smallest absolute Gasteiger partial charge is 0.251 e. The summed E-state index contributed by atoms with van der Waals surface area (Å²) in [6.45, 7) is 1.88. The number of imidazole rings is 1. The summed E-state index contributed by atoms with van der Waals surface area (Å²) in [5, 5.41) is 3.80. The van der Waals surface area contributed by atoms with Crippen molar-refractivity contribution in [3.05, 3.63) is 89.4 Å². The minimum atomic E-state index is -0.254. The first kappa shape index (κ1) is 22.6. The largest absolute Gasteiger partial charge is 0.376 e. The Bertz CT molecular complexity index is 1270. The first-order valence-corrected chi connectivity index (χ1v) is 12.3. The number of amides is 1. The summed E-state index contributed by atoms with van der Waals surface area (Å²) in [5.41, 5.74) is 4.33. The lowest BCUT2D eigenvalue weighted by Gasteiger charge is -2.11. The molecular formula is C26H25FN4O2S. The molecule has 2 aromatic carbocycles. The van der Waals surface area contributed by atoms with E-state index in [0.717, 1.165) is 46.9 Å². The molecule has 8 heteroatoms. The van der Waals surface area contributed by atoms with Crippen molar-refractivity contribution in [3.63, 3.8) is 0 Å². The van der Waals surface area contributed by atoms with Crippen LogP contribution in [0.4, 0.5) is 4.39 Å². The summed E-state index contributed by atoms with van der Waals surface area (Å²) in [5.74, 6) is 0.364. The molecule has 1 amide bonds. The lowest BCUT2D eigenvalue weighted by Crippen LogP contribution is -2.31. The van der Waals surface area contributed by atoms with Crippen LogP contribution in [0.15, 0.2) is 72.0 Å². The van der Waals surface area contributed by atoms with Gasteiger partial charge in [0.2, 0.25) is 0 Å². The van der Waals surface area contributed by atoms with Crippen LogP contribution in [0.1, 0.15) is 34.3 Å². The van der Waals surface area contributed by atoms with E-state index in [9.17, 15) is 9.18 Å². The molecule has 1 aliphatic rings. The van der Waals surface area contributed by atoms with Crippen LogP contribution in [0.25, 0.3) is 11.2 Å². The summed E-state index contributed by atoms with van der Waals surface area (Å²) in [6, 6.07) is 17.9. The highest BCUT2D eigenvalue weighted by Gasteiger charge is 2.17. The number of hydrogen-bond donors (Lipinski definition) is 1. The number of thioether (sulfide) groups is 1. The van der Waals surface area contributed by atoms with E-state index < -0.39 is 0 Å². The molecule has 1 aliphatic heterocycles. The molecule has 1 N–H and O–H groups in total. The number of carbonyl (C=O) groups excluding carboxylic acids is 1. The highest BCUT2D eigenvalue weighted by molar-refractivity contribution is 7.98. The summed E-state index contributed by atoms with van der Waals surface area (Å²) in [6.07, 6.45) is 3.93. The molecule has 0 radical (unpaired) electrons. The molecule has 0 aliphatic carbocycles. The molecule has 2 aromatic heterocycles.